The van der Waals surface area contributed by atoms with Gasteiger partial charge in [0.15, 0.2) is 5.82 Å². The highest BCUT2D eigenvalue weighted by atomic mass is 15.3. The van der Waals surface area contributed by atoms with E-state index in [4.69, 9.17) is 5.73 Å². The minimum Gasteiger partial charge on any atom is -0.325 e. The van der Waals surface area contributed by atoms with E-state index in [2.05, 4.69) is 26.7 Å². The van der Waals surface area contributed by atoms with Gasteiger partial charge in [0.2, 0.25) is 0 Å². The summed E-state index contributed by atoms with van der Waals surface area (Å²) in [6, 6.07) is 3.91. The predicted molar refractivity (Wildman–Crippen MR) is 66.2 cm³/mol. The fraction of sp³-hybridized carbons (Fsp3) is 0.417. The Hall–Kier alpha value is -1.75. The number of aromatic nitrogens is 4. The van der Waals surface area contributed by atoms with E-state index in [9.17, 15) is 0 Å². The van der Waals surface area contributed by atoms with Gasteiger partial charge in [-0.25, -0.2) is 0 Å². The zero-order valence-electron chi connectivity index (χ0n) is 10.2. The van der Waals surface area contributed by atoms with Crippen molar-refractivity contribution in [2.24, 2.45) is 5.73 Å². The van der Waals surface area contributed by atoms with Crippen LogP contribution in [0, 0.1) is 6.92 Å². The summed E-state index contributed by atoms with van der Waals surface area (Å²) >= 11 is 0. The van der Waals surface area contributed by atoms with Gasteiger partial charge in [-0.05, 0) is 25.5 Å². The normalized spacial score (nSPS) is 10.8. The van der Waals surface area contributed by atoms with Crippen molar-refractivity contribution in [3.8, 4) is 11.4 Å². The molecule has 0 bridgehead atoms. The summed E-state index contributed by atoms with van der Waals surface area (Å²) in [5, 5.41) is 8.35. The minimum atomic E-state index is 0.439. The molecule has 5 nitrogen and oxygen atoms in total. The number of hydrogen-bond acceptors (Lipinski definition) is 4. The maximum Gasteiger partial charge on any atom is 0.164 e. The molecule has 90 valence electrons. The van der Waals surface area contributed by atoms with E-state index < -0.39 is 0 Å². The molecule has 5 heteroatoms. The number of pyridine rings is 1. The van der Waals surface area contributed by atoms with Gasteiger partial charge in [0.25, 0.3) is 0 Å². The van der Waals surface area contributed by atoms with Gasteiger partial charge in [0.1, 0.15) is 5.82 Å². The average Bonchev–Trinajstić information content (AvgIpc) is 2.72. The Bertz CT molecular complexity index is 503. The molecule has 2 rings (SSSR count). The number of nitrogens with two attached hydrogens (primary N) is 1. The summed E-state index contributed by atoms with van der Waals surface area (Å²) in [4.78, 5) is 4.18. The lowest BCUT2D eigenvalue weighted by atomic mass is 10.2. The van der Waals surface area contributed by atoms with Gasteiger partial charge in [-0.15, -0.1) is 10.2 Å². The third-order valence-electron chi connectivity index (χ3n) is 2.67. The van der Waals surface area contributed by atoms with Gasteiger partial charge in [0, 0.05) is 24.8 Å². The summed E-state index contributed by atoms with van der Waals surface area (Å²) in [6.07, 6.45) is 2.82. The Morgan fingerprint density at radius 2 is 2.18 bits per heavy atom. The molecule has 0 saturated heterocycles. The predicted octanol–water partition coefficient (Wildman–Crippen LogP) is 1.52. The van der Waals surface area contributed by atoms with E-state index in [-0.39, 0.29) is 0 Å². The van der Waals surface area contributed by atoms with Gasteiger partial charge in [0.05, 0.1) is 5.69 Å². The highest BCUT2D eigenvalue weighted by Crippen LogP contribution is 2.18. The molecule has 2 N–H and O–H groups in total. The molecule has 0 aliphatic carbocycles. The van der Waals surface area contributed by atoms with Gasteiger partial charge in [-0.3, -0.25) is 4.98 Å². The first-order valence-corrected chi connectivity index (χ1v) is 5.81. The Balaban J connectivity index is 2.44. The monoisotopic (exact) mass is 231 g/mol. The van der Waals surface area contributed by atoms with Crippen molar-refractivity contribution in [3.63, 3.8) is 0 Å². The maximum absolute atomic E-state index is 5.59. The zero-order valence-corrected chi connectivity index (χ0v) is 10.2. The molecule has 0 radical (unpaired) electrons. The largest absolute Gasteiger partial charge is 0.325 e. The molecular weight excluding hydrogens is 214 g/mol. The van der Waals surface area contributed by atoms with Gasteiger partial charge < -0.3 is 10.3 Å². The lowest BCUT2D eigenvalue weighted by molar-refractivity contribution is 0.663. The molecule has 2 aromatic rings. The zero-order chi connectivity index (χ0) is 12.3. The summed E-state index contributed by atoms with van der Waals surface area (Å²) < 4.78 is 2.12. The number of rotatable bonds is 4. The molecule has 0 atom stereocenters. The lowest BCUT2D eigenvalue weighted by Gasteiger charge is -2.07. The number of aryl methyl sites for hydroxylation is 1. The van der Waals surface area contributed by atoms with E-state index in [0.717, 1.165) is 35.9 Å². The molecule has 0 saturated carbocycles. The van der Waals surface area contributed by atoms with E-state index in [1.807, 2.05) is 19.1 Å². The quantitative estimate of drug-likeness (QED) is 0.866. The van der Waals surface area contributed by atoms with Crippen LogP contribution in [0.4, 0.5) is 0 Å². The highest BCUT2D eigenvalue weighted by molar-refractivity contribution is 5.55. The highest BCUT2D eigenvalue weighted by Gasteiger charge is 2.10. The second-order valence-electron chi connectivity index (χ2n) is 3.96. The average molecular weight is 231 g/mol. The Morgan fingerprint density at radius 1 is 1.35 bits per heavy atom. The molecule has 0 spiro atoms. The third-order valence-corrected chi connectivity index (χ3v) is 2.67. The van der Waals surface area contributed by atoms with Crippen LogP contribution in [0.15, 0.2) is 18.3 Å². The van der Waals surface area contributed by atoms with Crippen molar-refractivity contribution in [3.05, 3.63) is 29.8 Å². The minimum absolute atomic E-state index is 0.439. The lowest BCUT2D eigenvalue weighted by Crippen LogP contribution is -2.04. The molecule has 0 aliphatic rings. The van der Waals surface area contributed by atoms with E-state index in [1.165, 1.54) is 0 Å². The standard InChI is InChI=1S/C12H17N5/c1-3-6-17-9(2)15-16-12(17)10-4-5-14-11(7-10)8-13/h4-5,7H,3,6,8,13H2,1-2H3. The van der Waals surface area contributed by atoms with Crippen LogP contribution < -0.4 is 5.73 Å². The molecule has 2 aromatic heterocycles. The summed E-state index contributed by atoms with van der Waals surface area (Å²) in [7, 11) is 0. The molecular formula is C12H17N5. The molecule has 0 fully saturated rings. The fourth-order valence-electron chi connectivity index (χ4n) is 1.81. The molecule has 0 aliphatic heterocycles. The van der Waals surface area contributed by atoms with Crippen molar-refractivity contribution >= 4 is 0 Å². The van der Waals surface area contributed by atoms with E-state index >= 15 is 0 Å². The molecule has 17 heavy (non-hydrogen) atoms. The van der Waals surface area contributed by atoms with Crippen LogP contribution in [0.1, 0.15) is 24.9 Å². The van der Waals surface area contributed by atoms with Crippen molar-refractivity contribution in [1.82, 2.24) is 19.7 Å². The first kappa shape index (κ1) is 11.7. The van der Waals surface area contributed by atoms with Gasteiger partial charge in [-0.2, -0.15) is 0 Å². The van der Waals surface area contributed by atoms with Crippen LogP contribution in [-0.4, -0.2) is 19.7 Å². The Morgan fingerprint density at radius 3 is 2.88 bits per heavy atom. The first-order valence-electron chi connectivity index (χ1n) is 5.81. The van der Waals surface area contributed by atoms with Crippen LogP contribution in [0.25, 0.3) is 11.4 Å². The van der Waals surface area contributed by atoms with Gasteiger partial charge in [-0.1, -0.05) is 6.92 Å². The topological polar surface area (TPSA) is 69.6 Å². The van der Waals surface area contributed by atoms with Crippen LogP contribution >= 0.6 is 0 Å². The summed E-state index contributed by atoms with van der Waals surface area (Å²) in [6.45, 7) is 5.47. The van der Waals surface area contributed by atoms with Crippen molar-refractivity contribution < 1.29 is 0 Å². The van der Waals surface area contributed by atoms with E-state index in [1.54, 1.807) is 6.20 Å². The van der Waals surface area contributed by atoms with Crippen molar-refractivity contribution in [1.29, 1.82) is 0 Å². The Labute approximate surface area is 101 Å². The summed E-state index contributed by atoms with van der Waals surface area (Å²) in [5.74, 6) is 1.83. The second-order valence-corrected chi connectivity index (χ2v) is 3.96. The molecule has 2 heterocycles. The van der Waals surface area contributed by atoms with Crippen LogP contribution in [-0.2, 0) is 13.1 Å². The van der Waals surface area contributed by atoms with Crippen LogP contribution in [0.3, 0.4) is 0 Å². The van der Waals surface area contributed by atoms with Crippen LogP contribution in [0.2, 0.25) is 0 Å². The number of hydrogen-bond donors (Lipinski definition) is 1. The number of nitrogens with zero attached hydrogens (tertiary/aromatic N) is 4. The maximum atomic E-state index is 5.59. The first-order chi connectivity index (χ1) is 8.26. The smallest absolute Gasteiger partial charge is 0.164 e. The summed E-state index contributed by atoms with van der Waals surface area (Å²) in [5.41, 5.74) is 7.48. The molecule has 0 amide bonds. The van der Waals surface area contributed by atoms with Crippen molar-refractivity contribution in [2.45, 2.75) is 33.4 Å². The van der Waals surface area contributed by atoms with E-state index in [0.29, 0.717) is 6.54 Å². The molecule has 0 aromatic carbocycles. The fourth-order valence-corrected chi connectivity index (χ4v) is 1.81. The van der Waals surface area contributed by atoms with Crippen LogP contribution in [0.5, 0.6) is 0 Å². The van der Waals surface area contributed by atoms with Gasteiger partial charge >= 0.3 is 0 Å². The Kier molecular flexibility index (Phi) is 3.49. The SMILES string of the molecule is CCCn1c(C)nnc1-c1ccnc(CN)c1. The molecule has 0 unspecified atom stereocenters. The third kappa shape index (κ3) is 2.34. The van der Waals surface area contributed by atoms with Crippen molar-refractivity contribution in [2.75, 3.05) is 0 Å². The second kappa shape index (κ2) is 5.05.